The zero-order valence-corrected chi connectivity index (χ0v) is 17.6. The summed E-state index contributed by atoms with van der Waals surface area (Å²) in [4.78, 5) is 4.75. The molecule has 4 nitrogen and oxygen atoms in total. The monoisotopic (exact) mass is 433 g/mol. The van der Waals surface area contributed by atoms with E-state index >= 15 is 0 Å². The van der Waals surface area contributed by atoms with Crippen LogP contribution in [0.1, 0.15) is 38.8 Å². The van der Waals surface area contributed by atoms with Crippen LogP contribution in [0.4, 0.5) is 0 Å². The molecule has 0 heterocycles. The summed E-state index contributed by atoms with van der Waals surface area (Å²) < 4.78 is 5.17. The molecule has 1 aromatic rings. The Morgan fingerprint density at radius 2 is 2.04 bits per heavy atom. The lowest BCUT2D eigenvalue weighted by Crippen LogP contribution is -2.44. The Morgan fingerprint density at radius 1 is 1.35 bits per heavy atom. The van der Waals surface area contributed by atoms with Crippen LogP contribution in [0.2, 0.25) is 0 Å². The molecule has 0 aliphatic carbocycles. The maximum Gasteiger partial charge on any atom is 0.191 e. The van der Waals surface area contributed by atoms with Crippen molar-refractivity contribution in [2.75, 3.05) is 26.8 Å². The second-order valence-electron chi connectivity index (χ2n) is 6.45. The highest BCUT2D eigenvalue weighted by Gasteiger charge is 2.20. The summed E-state index contributed by atoms with van der Waals surface area (Å²) in [6, 6.07) is 8.88. The average Bonchev–Trinajstić information content (AvgIpc) is 2.45. The molecule has 0 bridgehead atoms. The Morgan fingerprint density at radius 3 is 2.61 bits per heavy atom. The summed E-state index contributed by atoms with van der Waals surface area (Å²) in [5.74, 6) is 0.841. The fourth-order valence-corrected chi connectivity index (χ4v) is 2.28. The molecule has 0 amide bonds. The summed E-state index contributed by atoms with van der Waals surface area (Å²) in [6.45, 7) is 13.0. The normalized spacial score (nSPS) is 13.2. The molecule has 0 saturated heterocycles. The molecular weight excluding hydrogens is 401 g/mol. The van der Waals surface area contributed by atoms with Crippen LogP contribution < -0.4 is 10.6 Å². The molecule has 1 rings (SSSR count). The van der Waals surface area contributed by atoms with Gasteiger partial charge in [-0.2, -0.15) is 0 Å². The van der Waals surface area contributed by atoms with Gasteiger partial charge in [0.25, 0.3) is 0 Å². The molecule has 0 spiro atoms. The quantitative estimate of drug-likeness (QED) is 0.393. The summed E-state index contributed by atoms with van der Waals surface area (Å²) in [7, 11) is 1.71. The standard InChI is InChI=1S/C18H31N3O.HI/c1-7-19-17(21-15(3)12-22-6)20-13-18(4,5)16-10-8-9-14(2)11-16;/h8-11,15H,7,12-13H2,1-6H3,(H2,19,20,21);1H. The van der Waals surface area contributed by atoms with E-state index in [0.717, 1.165) is 19.0 Å². The molecule has 0 aliphatic rings. The lowest BCUT2D eigenvalue weighted by molar-refractivity contribution is 0.179. The number of rotatable bonds is 7. The molecule has 23 heavy (non-hydrogen) atoms. The van der Waals surface area contributed by atoms with Crippen LogP contribution in [0.5, 0.6) is 0 Å². The van der Waals surface area contributed by atoms with E-state index in [1.54, 1.807) is 7.11 Å². The Balaban J connectivity index is 0.00000484. The zero-order chi connectivity index (χ0) is 16.6. The molecule has 1 unspecified atom stereocenters. The van der Waals surface area contributed by atoms with Gasteiger partial charge in [0.05, 0.1) is 13.2 Å². The Labute approximate surface area is 158 Å². The number of halogens is 1. The number of methoxy groups -OCH3 is 1. The van der Waals surface area contributed by atoms with E-state index in [0.29, 0.717) is 6.61 Å². The van der Waals surface area contributed by atoms with Crippen LogP contribution in [0.15, 0.2) is 29.3 Å². The van der Waals surface area contributed by atoms with Crippen LogP contribution in [-0.2, 0) is 10.2 Å². The van der Waals surface area contributed by atoms with E-state index in [-0.39, 0.29) is 35.4 Å². The highest BCUT2D eigenvalue weighted by atomic mass is 127. The largest absolute Gasteiger partial charge is 0.383 e. The zero-order valence-electron chi connectivity index (χ0n) is 15.3. The SMILES string of the molecule is CCNC(=NCC(C)(C)c1cccc(C)c1)NC(C)COC.I. The van der Waals surface area contributed by atoms with Gasteiger partial charge in [-0.05, 0) is 26.3 Å². The number of hydrogen-bond donors (Lipinski definition) is 2. The van der Waals surface area contributed by atoms with Gasteiger partial charge in [-0.15, -0.1) is 24.0 Å². The van der Waals surface area contributed by atoms with E-state index < -0.39 is 0 Å². The Kier molecular flexibility index (Phi) is 10.5. The minimum Gasteiger partial charge on any atom is -0.383 e. The third-order valence-electron chi connectivity index (χ3n) is 3.58. The minimum absolute atomic E-state index is 0. The number of aryl methyl sites for hydroxylation is 1. The van der Waals surface area contributed by atoms with Gasteiger partial charge in [-0.1, -0.05) is 43.7 Å². The van der Waals surface area contributed by atoms with E-state index in [1.807, 2.05) is 0 Å². The molecule has 5 heteroatoms. The molecule has 0 aliphatic heterocycles. The van der Waals surface area contributed by atoms with E-state index in [9.17, 15) is 0 Å². The third kappa shape index (κ3) is 8.01. The van der Waals surface area contributed by atoms with Gasteiger partial charge in [0.15, 0.2) is 5.96 Å². The highest BCUT2D eigenvalue weighted by Crippen LogP contribution is 2.24. The maximum atomic E-state index is 5.17. The highest BCUT2D eigenvalue weighted by molar-refractivity contribution is 14.0. The topological polar surface area (TPSA) is 45.7 Å². The Bertz CT molecular complexity index is 489. The van der Waals surface area contributed by atoms with Crippen molar-refractivity contribution in [1.82, 2.24) is 10.6 Å². The van der Waals surface area contributed by atoms with E-state index in [4.69, 9.17) is 9.73 Å². The van der Waals surface area contributed by atoms with E-state index in [1.165, 1.54) is 11.1 Å². The summed E-state index contributed by atoms with van der Waals surface area (Å²) in [5, 5.41) is 6.66. The average molecular weight is 433 g/mol. The van der Waals surface area contributed by atoms with Crippen LogP contribution in [0, 0.1) is 6.92 Å². The summed E-state index contributed by atoms with van der Waals surface area (Å²) in [6.07, 6.45) is 0. The van der Waals surface area contributed by atoms with Gasteiger partial charge in [-0.25, -0.2) is 0 Å². The molecule has 1 aromatic carbocycles. The first-order valence-electron chi connectivity index (χ1n) is 8.00. The van der Waals surface area contributed by atoms with E-state index in [2.05, 4.69) is 69.5 Å². The molecule has 0 fully saturated rings. The van der Waals surface area contributed by atoms with Crippen LogP contribution in [0.3, 0.4) is 0 Å². The van der Waals surface area contributed by atoms with Gasteiger partial charge in [-0.3, -0.25) is 4.99 Å². The third-order valence-corrected chi connectivity index (χ3v) is 3.58. The van der Waals surface area contributed by atoms with Crippen molar-refractivity contribution in [3.63, 3.8) is 0 Å². The minimum atomic E-state index is -0.00113. The van der Waals surface area contributed by atoms with Crippen LogP contribution in [0.25, 0.3) is 0 Å². The smallest absolute Gasteiger partial charge is 0.191 e. The summed E-state index contributed by atoms with van der Waals surface area (Å²) >= 11 is 0. The molecule has 0 aromatic heterocycles. The second-order valence-corrected chi connectivity index (χ2v) is 6.45. The lowest BCUT2D eigenvalue weighted by atomic mass is 9.84. The van der Waals surface area contributed by atoms with Gasteiger partial charge in [0, 0.05) is 25.1 Å². The molecular formula is C18H32IN3O. The van der Waals surface area contributed by atoms with Crippen molar-refractivity contribution in [2.45, 2.75) is 46.1 Å². The Hall–Kier alpha value is -0.820. The molecule has 1 atom stereocenters. The number of nitrogens with one attached hydrogen (secondary N) is 2. The van der Waals surface area contributed by atoms with Crippen molar-refractivity contribution in [3.05, 3.63) is 35.4 Å². The molecule has 132 valence electrons. The first-order chi connectivity index (χ1) is 10.4. The second kappa shape index (κ2) is 10.9. The van der Waals surface area contributed by atoms with Gasteiger partial charge in [0.1, 0.15) is 0 Å². The number of aliphatic imine (C=N–C) groups is 1. The molecule has 2 N–H and O–H groups in total. The summed E-state index contributed by atoms with van der Waals surface area (Å²) in [5.41, 5.74) is 2.60. The van der Waals surface area contributed by atoms with Crippen molar-refractivity contribution in [3.8, 4) is 0 Å². The number of ether oxygens (including phenoxy) is 1. The van der Waals surface area contributed by atoms with Gasteiger partial charge < -0.3 is 15.4 Å². The van der Waals surface area contributed by atoms with Crippen LogP contribution in [-0.4, -0.2) is 38.8 Å². The van der Waals surface area contributed by atoms with Crippen molar-refractivity contribution in [2.24, 2.45) is 4.99 Å². The first kappa shape index (κ1) is 22.2. The predicted molar refractivity (Wildman–Crippen MR) is 110 cm³/mol. The first-order valence-corrected chi connectivity index (χ1v) is 8.00. The lowest BCUT2D eigenvalue weighted by Gasteiger charge is -2.25. The van der Waals surface area contributed by atoms with Crippen molar-refractivity contribution < 1.29 is 4.74 Å². The maximum absolute atomic E-state index is 5.17. The van der Waals surface area contributed by atoms with Crippen LogP contribution >= 0.6 is 24.0 Å². The number of guanidine groups is 1. The fraction of sp³-hybridized carbons (Fsp3) is 0.611. The molecule has 0 radical (unpaired) electrons. The van der Waals surface area contributed by atoms with Gasteiger partial charge in [0.2, 0.25) is 0 Å². The van der Waals surface area contributed by atoms with Gasteiger partial charge >= 0.3 is 0 Å². The fourth-order valence-electron chi connectivity index (χ4n) is 2.28. The number of nitrogens with zero attached hydrogens (tertiary/aromatic N) is 1. The predicted octanol–water partition coefficient (Wildman–Crippen LogP) is 3.48. The number of benzene rings is 1. The number of hydrogen-bond acceptors (Lipinski definition) is 2. The van der Waals surface area contributed by atoms with Crippen molar-refractivity contribution in [1.29, 1.82) is 0 Å². The van der Waals surface area contributed by atoms with Crippen molar-refractivity contribution >= 4 is 29.9 Å². The molecule has 0 saturated carbocycles.